The molecule has 0 N–H and O–H groups in total. The summed E-state index contributed by atoms with van der Waals surface area (Å²) in [6, 6.07) is 52.7. The molecule has 11 aromatic rings. The molecular formula is C48H30N2O. The first-order chi connectivity index (χ1) is 27.0. The zero-order valence-electron chi connectivity index (χ0n) is 31.3. The van der Waals surface area contributed by atoms with Crippen LogP contribution in [0.3, 0.4) is 0 Å². The van der Waals surface area contributed by atoms with Crippen LogP contribution in [0.5, 0.6) is 0 Å². The summed E-state index contributed by atoms with van der Waals surface area (Å²) in [7, 11) is 0. The summed E-state index contributed by atoms with van der Waals surface area (Å²) in [5, 5.41) is 6.11. The minimum absolute atomic E-state index is 0.0931. The molecular weight excluding hydrogens is 621 g/mol. The van der Waals surface area contributed by atoms with Crippen LogP contribution in [0.25, 0.3) is 99.2 Å². The normalized spacial score (nSPS) is 13.0. The lowest BCUT2D eigenvalue weighted by Crippen LogP contribution is -1.94. The second-order valence-electron chi connectivity index (χ2n) is 13.0. The van der Waals surface area contributed by atoms with Crippen molar-refractivity contribution >= 4 is 65.6 Å². The van der Waals surface area contributed by atoms with Crippen LogP contribution < -0.4 is 0 Å². The predicted octanol–water partition coefficient (Wildman–Crippen LogP) is 13.1. The fraction of sp³-hybridized carbons (Fsp3) is 0. The topological polar surface area (TPSA) is 23.0 Å². The van der Waals surface area contributed by atoms with E-state index in [1.807, 2.05) is 83.4 Å². The van der Waals surface area contributed by atoms with E-state index in [9.17, 15) is 5.48 Å². The second kappa shape index (κ2) is 10.8. The Morgan fingerprint density at radius 2 is 1.00 bits per heavy atom. The zero-order chi connectivity index (χ0) is 36.9. The summed E-state index contributed by atoms with van der Waals surface area (Å²) in [6.07, 6.45) is 0. The number of furan rings is 1. The van der Waals surface area contributed by atoms with Crippen LogP contribution in [0.4, 0.5) is 0 Å². The molecule has 0 radical (unpaired) electrons. The number of rotatable bonds is 4. The maximum Gasteiger partial charge on any atom is 0.135 e. The number of hydrogen-bond donors (Lipinski definition) is 0. The van der Waals surface area contributed by atoms with Crippen molar-refractivity contribution in [3.05, 3.63) is 182 Å². The Labute approximate surface area is 299 Å². The number of nitrogens with zero attached hydrogens (tertiary/aromatic N) is 2. The largest absolute Gasteiger partial charge is 0.456 e. The maximum atomic E-state index is 9.45. The van der Waals surface area contributed by atoms with Gasteiger partial charge in [0.15, 0.2) is 0 Å². The van der Waals surface area contributed by atoms with Gasteiger partial charge in [0.2, 0.25) is 0 Å². The van der Waals surface area contributed by atoms with E-state index in [2.05, 4.69) is 83.4 Å². The van der Waals surface area contributed by atoms with Crippen molar-refractivity contribution in [2.75, 3.05) is 0 Å². The number of para-hydroxylation sites is 4. The van der Waals surface area contributed by atoms with Crippen molar-refractivity contribution in [2.24, 2.45) is 0 Å². The van der Waals surface area contributed by atoms with Gasteiger partial charge in [-0.15, -0.1) is 0 Å². The first-order valence-corrected chi connectivity index (χ1v) is 17.1. The van der Waals surface area contributed by atoms with E-state index in [0.717, 1.165) is 66.0 Å². The summed E-state index contributed by atoms with van der Waals surface area (Å²) in [6.45, 7) is 0. The maximum absolute atomic E-state index is 9.45. The SMILES string of the molecule is [2H]c1c([2H])c(-n2c3ccccc3c3c(-c4ccc5c6ccccc6n(-c6ccccc6)c5c4)cccc32)c([2H])c([2H])c1-c1ccc2oc3ccccc3c2c1. The molecule has 0 bridgehead atoms. The number of fused-ring (bicyclic) bond motifs is 9. The molecule has 11 rings (SSSR count). The number of aromatic nitrogens is 2. The molecule has 3 heterocycles. The molecule has 0 saturated heterocycles. The molecule has 3 aromatic heterocycles. The lowest BCUT2D eigenvalue weighted by Gasteiger charge is -2.11. The van der Waals surface area contributed by atoms with Gasteiger partial charge in [0.1, 0.15) is 11.2 Å². The standard InChI is InChI=1S/C48H30N2O/c1-2-11-34(12-3-1)50-42-17-7-4-13-37(42)38-27-23-33(30-45(38)50)36-16-10-19-44-48(36)40-15-5-8-18-43(40)49(44)35-25-21-31(22-26-35)32-24-28-47-41(29-32)39-14-6-9-20-46(39)51-47/h1-30H/i21D,22D,25D,26D. The van der Waals surface area contributed by atoms with Crippen molar-refractivity contribution in [3.63, 3.8) is 0 Å². The first-order valence-electron chi connectivity index (χ1n) is 19.1. The Balaban J connectivity index is 1.14. The van der Waals surface area contributed by atoms with Crippen LogP contribution in [0, 0.1) is 0 Å². The van der Waals surface area contributed by atoms with E-state index in [0.29, 0.717) is 11.1 Å². The zero-order valence-corrected chi connectivity index (χ0v) is 27.3. The Morgan fingerprint density at radius 3 is 1.84 bits per heavy atom. The highest BCUT2D eigenvalue weighted by Crippen LogP contribution is 2.41. The fourth-order valence-electron chi connectivity index (χ4n) is 7.94. The highest BCUT2D eigenvalue weighted by atomic mass is 16.3. The lowest BCUT2D eigenvalue weighted by atomic mass is 9.98. The highest BCUT2D eigenvalue weighted by molar-refractivity contribution is 6.17. The molecule has 0 aliphatic carbocycles. The van der Waals surface area contributed by atoms with Crippen LogP contribution in [0.15, 0.2) is 186 Å². The summed E-state index contributed by atoms with van der Waals surface area (Å²) < 4.78 is 47.8. The molecule has 3 nitrogen and oxygen atoms in total. The second-order valence-corrected chi connectivity index (χ2v) is 13.0. The van der Waals surface area contributed by atoms with Crippen LogP contribution in [0.1, 0.15) is 5.48 Å². The summed E-state index contributed by atoms with van der Waals surface area (Å²) in [5.74, 6) is 0. The van der Waals surface area contributed by atoms with Crippen LogP contribution >= 0.6 is 0 Å². The van der Waals surface area contributed by atoms with E-state index >= 15 is 0 Å². The van der Waals surface area contributed by atoms with Crippen molar-refractivity contribution in [2.45, 2.75) is 0 Å². The molecule has 0 fully saturated rings. The van der Waals surface area contributed by atoms with Crippen molar-refractivity contribution < 1.29 is 9.90 Å². The van der Waals surface area contributed by atoms with Gasteiger partial charge in [-0.1, -0.05) is 115 Å². The molecule has 8 aromatic carbocycles. The van der Waals surface area contributed by atoms with Crippen molar-refractivity contribution in [3.8, 4) is 33.6 Å². The number of hydrogen-bond acceptors (Lipinski definition) is 1. The van der Waals surface area contributed by atoms with Gasteiger partial charge >= 0.3 is 0 Å². The predicted molar refractivity (Wildman–Crippen MR) is 213 cm³/mol. The molecule has 238 valence electrons. The first kappa shape index (κ1) is 24.3. The summed E-state index contributed by atoms with van der Waals surface area (Å²) in [5.41, 5.74) is 9.55. The van der Waals surface area contributed by atoms with Crippen molar-refractivity contribution in [1.29, 1.82) is 0 Å². The molecule has 0 atom stereocenters. The molecule has 0 unspecified atom stereocenters. The molecule has 0 spiro atoms. The molecule has 0 aliphatic heterocycles. The van der Waals surface area contributed by atoms with Gasteiger partial charge in [0.05, 0.1) is 27.5 Å². The van der Waals surface area contributed by atoms with E-state index in [-0.39, 0.29) is 35.4 Å². The molecule has 0 aliphatic rings. The Bertz CT molecular complexity index is 3350. The van der Waals surface area contributed by atoms with Crippen molar-refractivity contribution in [1.82, 2.24) is 9.13 Å². The van der Waals surface area contributed by atoms with Crippen LogP contribution in [0.2, 0.25) is 0 Å². The van der Waals surface area contributed by atoms with Gasteiger partial charge in [-0.05, 0) is 88.9 Å². The minimum Gasteiger partial charge on any atom is -0.456 e. The minimum atomic E-state index is -0.102. The lowest BCUT2D eigenvalue weighted by molar-refractivity contribution is 0.669. The summed E-state index contributed by atoms with van der Waals surface area (Å²) in [4.78, 5) is 0. The van der Waals surface area contributed by atoms with E-state index < -0.39 is 0 Å². The number of benzene rings is 8. The molecule has 3 heteroatoms. The van der Waals surface area contributed by atoms with Gasteiger partial charge in [-0.25, -0.2) is 0 Å². The third-order valence-corrected chi connectivity index (χ3v) is 10.2. The smallest absolute Gasteiger partial charge is 0.135 e. The van der Waals surface area contributed by atoms with Gasteiger partial charge < -0.3 is 13.6 Å². The monoisotopic (exact) mass is 654 g/mol. The van der Waals surface area contributed by atoms with Gasteiger partial charge in [0, 0.05) is 43.7 Å². The third-order valence-electron chi connectivity index (χ3n) is 10.2. The average molecular weight is 655 g/mol. The molecule has 51 heavy (non-hydrogen) atoms. The summed E-state index contributed by atoms with van der Waals surface area (Å²) >= 11 is 0. The van der Waals surface area contributed by atoms with Crippen LogP contribution in [-0.2, 0) is 0 Å². The quantitative estimate of drug-likeness (QED) is 0.185. The van der Waals surface area contributed by atoms with E-state index in [1.54, 1.807) is 0 Å². The molecule has 0 saturated carbocycles. The average Bonchev–Trinajstić information content (AvgIpc) is 3.88. The third kappa shape index (κ3) is 4.19. The van der Waals surface area contributed by atoms with E-state index in [4.69, 9.17) is 4.42 Å². The Morgan fingerprint density at radius 1 is 0.373 bits per heavy atom. The van der Waals surface area contributed by atoms with Crippen LogP contribution in [-0.4, -0.2) is 9.13 Å². The Kier molecular flexibility index (Phi) is 5.16. The van der Waals surface area contributed by atoms with Gasteiger partial charge in [0.25, 0.3) is 0 Å². The van der Waals surface area contributed by atoms with Gasteiger partial charge in [-0.2, -0.15) is 0 Å². The fourth-order valence-corrected chi connectivity index (χ4v) is 7.94. The highest BCUT2D eigenvalue weighted by Gasteiger charge is 2.18. The van der Waals surface area contributed by atoms with E-state index in [1.165, 1.54) is 10.8 Å². The molecule has 0 amide bonds. The van der Waals surface area contributed by atoms with Gasteiger partial charge in [-0.3, -0.25) is 0 Å². The Hall–Kier alpha value is -6.84.